The molecule has 1 heterocycles. The lowest BCUT2D eigenvalue weighted by molar-refractivity contribution is -0.113. The zero-order valence-corrected chi connectivity index (χ0v) is 17.9. The van der Waals surface area contributed by atoms with Gasteiger partial charge in [0.1, 0.15) is 18.2 Å². The van der Waals surface area contributed by atoms with Crippen LogP contribution in [0.5, 0.6) is 5.75 Å². The summed E-state index contributed by atoms with van der Waals surface area (Å²) in [6.45, 7) is 2.31. The van der Waals surface area contributed by atoms with E-state index in [4.69, 9.17) is 4.74 Å². The van der Waals surface area contributed by atoms with Gasteiger partial charge in [-0.2, -0.15) is 0 Å². The van der Waals surface area contributed by atoms with Crippen molar-refractivity contribution >= 4 is 34.1 Å². The quantitative estimate of drug-likeness (QED) is 0.425. The SMILES string of the molecule is Cc1c(OCc2nnc(SCC(=O)Nc3ccc(F)cc3)n2C)ccc2ccccc12. The minimum atomic E-state index is -0.347. The van der Waals surface area contributed by atoms with Crippen LogP contribution in [0.25, 0.3) is 10.8 Å². The van der Waals surface area contributed by atoms with Gasteiger partial charge in [0.25, 0.3) is 0 Å². The highest BCUT2D eigenvalue weighted by Gasteiger charge is 2.13. The molecular weight excluding hydrogens is 415 g/mol. The molecule has 1 amide bonds. The van der Waals surface area contributed by atoms with Crippen molar-refractivity contribution in [3.05, 3.63) is 77.9 Å². The fraction of sp³-hybridized carbons (Fsp3) is 0.174. The number of fused-ring (bicyclic) bond motifs is 1. The average molecular weight is 437 g/mol. The monoisotopic (exact) mass is 436 g/mol. The van der Waals surface area contributed by atoms with Gasteiger partial charge in [-0.15, -0.1) is 10.2 Å². The molecule has 4 aromatic rings. The first-order chi connectivity index (χ1) is 15.0. The summed E-state index contributed by atoms with van der Waals surface area (Å²) in [5.74, 6) is 1.07. The fourth-order valence-electron chi connectivity index (χ4n) is 3.16. The van der Waals surface area contributed by atoms with Gasteiger partial charge < -0.3 is 14.6 Å². The van der Waals surface area contributed by atoms with E-state index >= 15 is 0 Å². The second-order valence-corrected chi connectivity index (χ2v) is 7.94. The van der Waals surface area contributed by atoms with E-state index in [2.05, 4.69) is 27.6 Å². The predicted molar refractivity (Wildman–Crippen MR) is 120 cm³/mol. The van der Waals surface area contributed by atoms with Crippen LogP contribution in [0.1, 0.15) is 11.4 Å². The molecule has 0 bridgehead atoms. The number of thioether (sulfide) groups is 1. The van der Waals surface area contributed by atoms with Crippen molar-refractivity contribution in [2.45, 2.75) is 18.7 Å². The molecule has 8 heteroatoms. The van der Waals surface area contributed by atoms with E-state index < -0.39 is 0 Å². The van der Waals surface area contributed by atoms with E-state index in [0.717, 1.165) is 16.7 Å². The number of ether oxygens (including phenoxy) is 1. The Kier molecular flexibility index (Phi) is 6.18. The lowest BCUT2D eigenvalue weighted by atomic mass is 10.0. The minimum absolute atomic E-state index is 0.161. The lowest BCUT2D eigenvalue weighted by Crippen LogP contribution is -2.14. The molecule has 158 valence electrons. The number of carbonyl (C=O) groups excluding carboxylic acids is 1. The Hall–Kier alpha value is -3.39. The molecule has 0 unspecified atom stereocenters. The Morgan fingerprint density at radius 1 is 1.10 bits per heavy atom. The van der Waals surface area contributed by atoms with Crippen LogP contribution in [0.15, 0.2) is 65.8 Å². The van der Waals surface area contributed by atoms with Crippen LogP contribution in [-0.4, -0.2) is 26.4 Å². The van der Waals surface area contributed by atoms with E-state index in [0.29, 0.717) is 16.7 Å². The Bertz CT molecular complexity index is 1220. The lowest BCUT2D eigenvalue weighted by Gasteiger charge is -2.11. The van der Waals surface area contributed by atoms with E-state index in [-0.39, 0.29) is 24.1 Å². The number of aryl methyl sites for hydroxylation is 1. The molecule has 1 N–H and O–H groups in total. The van der Waals surface area contributed by atoms with Gasteiger partial charge in [-0.3, -0.25) is 4.79 Å². The number of rotatable bonds is 7. The molecule has 0 aliphatic heterocycles. The fourth-order valence-corrected chi connectivity index (χ4v) is 3.89. The van der Waals surface area contributed by atoms with Crippen molar-refractivity contribution in [2.75, 3.05) is 11.1 Å². The van der Waals surface area contributed by atoms with E-state index in [9.17, 15) is 9.18 Å². The van der Waals surface area contributed by atoms with E-state index in [1.807, 2.05) is 42.8 Å². The van der Waals surface area contributed by atoms with E-state index in [1.54, 1.807) is 0 Å². The van der Waals surface area contributed by atoms with Crippen LogP contribution in [0.4, 0.5) is 10.1 Å². The summed E-state index contributed by atoms with van der Waals surface area (Å²) in [5, 5.41) is 14.0. The third-order valence-electron chi connectivity index (χ3n) is 4.89. The van der Waals surface area contributed by atoms with Gasteiger partial charge in [0, 0.05) is 12.7 Å². The molecule has 4 rings (SSSR count). The highest BCUT2D eigenvalue weighted by molar-refractivity contribution is 7.99. The van der Waals surface area contributed by atoms with Gasteiger partial charge in [-0.05, 0) is 53.6 Å². The molecule has 0 spiro atoms. The second-order valence-electron chi connectivity index (χ2n) is 7.00. The smallest absolute Gasteiger partial charge is 0.234 e. The van der Waals surface area contributed by atoms with Crippen LogP contribution in [0.3, 0.4) is 0 Å². The van der Waals surface area contributed by atoms with Crippen molar-refractivity contribution in [3.8, 4) is 5.75 Å². The number of aromatic nitrogens is 3. The molecule has 0 aliphatic carbocycles. The number of nitrogens with zero attached hydrogens (tertiary/aromatic N) is 3. The van der Waals surface area contributed by atoms with Gasteiger partial charge >= 0.3 is 0 Å². The second kappa shape index (κ2) is 9.18. The molecule has 1 aromatic heterocycles. The van der Waals surface area contributed by atoms with Crippen LogP contribution in [0.2, 0.25) is 0 Å². The Morgan fingerprint density at radius 2 is 1.87 bits per heavy atom. The number of carbonyl (C=O) groups is 1. The zero-order chi connectivity index (χ0) is 21.8. The summed E-state index contributed by atoms with van der Waals surface area (Å²) in [7, 11) is 1.84. The van der Waals surface area contributed by atoms with Crippen molar-refractivity contribution in [3.63, 3.8) is 0 Å². The van der Waals surface area contributed by atoms with Gasteiger partial charge in [-0.1, -0.05) is 42.1 Å². The van der Waals surface area contributed by atoms with Crippen LogP contribution in [0, 0.1) is 12.7 Å². The van der Waals surface area contributed by atoms with Crippen LogP contribution < -0.4 is 10.1 Å². The normalized spacial score (nSPS) is 10.9. The van der Waals surface area contributed by atoms with Crippen molar-refractivity contribution in [1.29, 1.82) is 0 Å². The minimum Gasteiger partial charge on any atom is -0.485 e. The summed E-state index contributed by atoms with van der Waals surface area (Å²) in [5.41, 5.74) is 1.62. The van der Waals surface area contributed by atoms with Crippen molar-refractivity contribution in [1.82, 2.24) is 14.8 Å². The number of amides is 1. The van der Waals surface area contributed by atoms with Crippen molar-refractivity contribution < 1.29 is 13.9 Å². The highest BCUT2D eigenvalue weighted by Crippen LogP contribution is 2.27. The Labute approximate surface area is 183 Å². The molecule has 0 aliphatic rings. The standard InChI is InChI=1S/C23H21FN4O2S/c1-15-19-6-4-3-5-16(19)7-12-20(15)30-13-21-26-27-23(28(21)2)31-14-22(29)25-18-10-8-17(24)9-11-18/h3-12H,13-14H2,1-2H3,(H,25,29). The number of anilines is 1. The van der Waals surface area contributed by atoms with Gasteiger partial charge in [0.05, 0.1) is 5.75 Å². The summed E-state index contributed by atoms with van der Waals surface area (Å²) < 4.78 is 20.8. The molecule has 0 fully saturated rings. The largest absolute Gasteiger partial charge is 0.485 e. The summed E-state index contributed by atoms with van der Waals surface area (Å²) in [6.07, 6.45) is 0. The van der Waals surface area contributed by atoms with Crippen LogP contribution >= 0.6 is 11.8 Å². The maximum atomic E-state index is 13.0. The molecule has 3 aromatic carbocycles. The topological polar surface area (TPSA) is 69.0 Å². The maximum absolute atomic E-state index is 13.0. The number of nitrogens with one attached hydrogen (secondary N) is 1. The first-order valence-corrected chi connectivity index (χ1v) is 10.7. The van der Waals surface area contributed by atoms with Gasteiger partial charge in [-0.25, -0.2) is 4.39 Å². The number of halogens is 1. The average Bonchev–Trinajstić information content (AvgIpc) is 3.13. The molecule has 0 radical (unpaired) electrons. The van der Waals surface area contributed by atoms with E-state index in [1.165, 1.54) is 41.4 Å². The van der Waals surface area contributed by atoms with Gasteiger partial charge in [0.2, 0.25) is 5.91 Å². The number of hydrogen-bond acceptors (Lipinski definition) is 5. The van der Waals surface area contributed by atoms with Crippen molar-refractivity contribution in [2.24, 2.45) is 7.05 Å². The first kappa shape index (κ1) is 20.9. The maximum Gasteiger partial charge on any atom is 0.234 e. The summed E-state index contributed by atoms with van der Waals surface area (Å²) in [6, 6.07) is 17.8. The summed E-state index contributed by atoms with van der Waals surface area (Å²) in [4.78, 5) is 12.1. The highest BCUT2D eigenvalue weighted by atomic mass is 32.2. The number of hydrogen-bond donors (Lipinski definition) is 1. The number of benzene rings is 3. The summed E-state index contributed by atoms with van der Waals surface area (Å²) >= 11 is 1.27. The molecular formula is C23H21FN4O2S. The molecule has 31 heavy (non-hydrogen) atoms. The third-order valence-corrected chi connectivity index (χ3v) is 5.91. The zero-order valence-electron chi connectivity index (χ0n) is 17.1. The Morgan fingerprint density at radius 3 is 2.68 bits per heavy atom. The predicted octanol–water partition coefficient (Wildman–Crippen LogP) is 4.73. The Balaban J connectivity index is 1.35. The molecule has 0 atom stereocenters. The molecule has 0 saturated heterocycles. The van der Waals surface area contributed by atoms with Gasteiger partial charge in [0.15, 0.2) is 11.0 Å². The first-order valence-electron chi connectivity index (χ1n) is 9.69. The molecule has 6 nitrogen and oxygen atoms in total. The third kappa shape index (κ3) is 4.86. The molecule has 0 saturated carbocycles. The van der Waals surface area contributed by atoms with Crippen LogP contribution in [-0.2, 0) is 18.4 Å².